The number of furan rings is 1. The van der Waals surface area contributed by atoms with Gasteiger partial charge >= 0.3 is 5.97 Å². The van der Waals surface area contributed by atoms with Crippen LogP contribution < -0.4 is 10.2 Å². The third-order valence-electron chi connectivity index (χ3n) is 5.29. The molecular formula is C22H23N3O5. The van der Waals surface area contributed by atoms with Gasteiger partial charge < -0.3 is 14.1 Å². The first kappa shape index (κ1) is 21.1. The van der Waals surface area contributed by atoms with E-state index in [1.54, 1.807) is 4.90 Å². The first-order chi connectivity index (χ1) is 14.3. The van der Waals surface area contributed by atoms with E-state index in [1.165, 1.54) is 14.0 Å². The number of ether oxygens (including phenoxy) is 1. The Morgan fingerprint density at radius 3 is 2.73 bits per heavy atom. The lowest BCUT2D eigenvalue weighted by molar-refractivity contribution is -0.122. The van der Waals surface area contributed by atoms with Crippen molar-refractivity contribution in [2.45, 2.75) is 33.6 Å². The molecule has 8 nitrogen and oxygen atoms in total. The molecule has 1 fully saturated rings. The van der Waals surface area contributed by atoms with E-state index in [0.717, 1.165) is 23.2 Å². The van der Waals surface area contributed by atoms with E-state index in [-0.39, 0.29) is 41.6 Å². The van der Waals surface area contributed by atoms with E-state index in [2.05, 4.69) is 10.1 Å². The van der Waals surface area contributed by atoms with Gasteiger partial charge in [-0.2, -0.15) is 5.26 Å². The maximum Gasteiger partial charge on any atom is 0.342 e. The monoisotopic (exact) mass is 409 g/mol. The van der Waals surface area contributed by atoms with Gasteiger partial charge in [0.2, 0.25) is 17.7 Å². The fourth-order valence-corrected chi connectivity index (χ4v) is 3.79. The van der Waals surface area contributed by atoms with Gasteiger partial charge in [-0.1, -0.05) is 25.1 Å². The summed E-state index contributed by atoms with van der Waals surface area (Å²) in [6.45, 7) is 5.70. The molecule has 30 heavy (non-hydrogen) atoms. The maximum atomic E-state index is 12.8. The minimum Gasteiger partial charge on any atom is -0.465 e. The van der Waals surface area contributed by atoms with Crippen LogP contribution >= 0.6 is 0 Å². The topological polar surface area (TPSA) is 113 Å². The summed E-state index contributed by atoms with van der Waals surface area (Å²) in [5, 5.41) is 12.0. The van der Waals surface area contributed by atoms with Crippen LogP contribution in [-0.2, 0) is 20.7 Å². The standard InChI is InChI=1S/C22H23N3O5/c1-5-14-8-6-7-12(2)19(14)25-11-15(9-17(25)26)20(27)24-21-16(10-23)18(13(3)30-21)22(28)29-4/h6-8,15H,5,9,11H2,1-4H3,(H,24,27). The lowest BCUT2D eigenvalue weighted by Gasteiger charge is -2.22. The first-order valence-electron chi connectivity index (χ1n) is 9.63. The Morgan fingerprint density at radius 1 is 1.37 bits per heavy atom. The predicted octanol–water partition coefficient (Wildman–Crippen LogP) is 3.11. The predicted molar refractivity (Wildman–Crippen MR) is 109 cm³/mol. The van der Waals surface area contributed by atoms with Gasteiger partial charge in [0.15, 0.2) is 0 Å². The highest BCUT2D eigenvalue weighted by atomic mass is 16.5. The van der Waals surface area contributed by atoms with Gasteiger partial charge in [-0.05, 0) is 31.4 Å². The Balaban J connectivity index is 1.83. The van der Waals surface area contributed by atoms with Crippen molar-refractivity contribution >= 4 is 29.4 Å². The van der Waals surface area contributed by atoms with Crippen molar-refractivity contribution in [3.05, 3.63) is 46.2 Å². The van der Waals surface area contributed by atoms with Crippen LogP contribution in [0.15, 0.2) is 22.6 Å². The minimum atomic E-state index is -0.720. The SMILES string of the molecule is CCc1cccc(C)c1N1CC(C(=O)Nc2oc(C)c(C(=O)OC)c2C#N)CC1=O. The molecule has 1 aromatic heterocycles. The number of carbonyl (C=O) groups is 3. The number of hydrogen-bond acceptors (Lipinski definition) is 6. The Morgan fingerprint density at radius 2 is 2.10 bits per heavy atom. The van der Waals surface area contributed by atoms with E-state index in [9.17, 15) is 19.6 Å². The zero-order chi connectivity index (χ0) is 22.0. The van der Waals surface area contributed by atoms with Crippen LogP contribution in [0.2, 0.25) is 0 Å². The summed E-state index contributed by atoms with van der Waals surface area (Å²) in [6, 6.07) is 7.74. The molecule has 1 N–H and O–H groups in total. The molecule has 1 aliphatic rings. The molecule has 0 spiro atoms. The lowest BCUT2D eigenvalue weighted by atomic mass is 10.0. The molecule has 1 atom stereocenters. The molecule has 0 saturated carbocycles. The number of amides is 2. The van der Waals surface area contributed by atoms with Crippen molar-refractivity contribution in [3.63, 3.8) is 0 Å². The number of esters is 1. The molecule has 2 heterocycles. The van der Waals surface area contributed by atoms with Crippen LogP contribution in [0.25, 0.3) is 0 Å². The van der Waals surface area contributed by atoms with Crippen LogP contribution in [0.5, 0.6) is 0 Å². The molecule has 2 aromatic rings. The number of aryl methyl sites for hydroxylation is 3. The number of carbonyl (C=O) groups excluding carboxylic acids is 3. The summed E-state index contributed by atoms with van der Waals surface area (Å²) in [5.41, 5.74) is 2.74. The molecule has 8 heteroatoms. The van der Waals surface area contributed by atoms with E-state index in [0.29, 0.717) is 0 Å². The highest BCUT2D eigenvalue weighted by molar-refractivity contribution is 6.05. The fourth-order valence-electron chi connectivity index (χ4n) is 3.79. The second kappa shape index (κ2) is 8.41. The smallest absolute Gasteiger partial charge is 0.342 e. The van der Waals surface area contributed by atoms with Crippen LogP contribution in [0, 0.1) is 31.1 Å². The zero-order valence-corrected chi connectivity index (χ0v) is 17.4. The number of para-hydroxylation sites is 1. The quantitative estimate of drug-likeness (QED) is 0.759. The molecule has 3 rings (SSSR count). The average Bonchev–Trinajstić information content (AvgIpc) is 3.26. The van der Waals surface area contributed by atoms with E-state index >= 15 is 0 Å². The summed E-state index contributed by atoms with van der Waals surface area (Å²) in [7, 11) is 1.20. The van der Waals surface area contributed by atoms with Crippen molar-refractivity contribution in [1.29, 1.82) is 5.26 Å². The highest BCUT2D eigenvalue weighted by Crippen LogP contribution is 2.33. The van der Waals surface area contributed by atoms with Crippen LogP contribution in [-0.4, -0.2) is 31.4 Å². The molecule has 0 aliphatic carbocycles. The summed E-state index contributed by atoms with van der Waals surface area (Å²) >= 11 is 0. The van der Waals surface area contributed by atoms with Gasteiger partial charge in [0.05, 0.1) is 13.0 Å². The second-order valence-electron chi connectivity index (χ2n) is 7.17. The van der Waals surface area contributed by atoms with Crippen LogP contribution in [0.3, 0.4) is 0 Å². The lowest BCUT2D eigenvalue weighted by Crippen LogP contribution is -2.29. The number of hydrogen-bond donors (Lipinski definition) is 1. The average molecular weight is 409 g/mol. The van der Waals surface area contributed by atoms with Gasteiger partial charge in [0.1, 0.15) is 23.0 Å². The second-order valence-corrected chi connectivity index (χ2v) is 7.17. The van der Waals surface area contributed by atoms with Crippen molar-refractivity contribution in [3.8, 4) is 6.07 Å². The van der Waals surface area contributed by atoms with Gasteiger partial charge in [0.25, 0.3) is 0 Å². The van der Waals surface area contributed by atoms with Crippen molar-refractivity contribution in [2.24, 2.45) is 5.92 Å². The molecule has 1 unspecified atom stereocenters. The number of anilines is 2. The summed E-state index contributed by atoms with van der Waals surface area (Å²) in [4.78, 5) is 39.1. The van der Waals surface area contributed by atoms with E-state index in [1.807, 2.05) is 38.1 Å². The summed E-state index contributed by atoms with van der Waals surface area (Å²) in [5.74, 6) is -1.85. The van der Waals surface area contributed by atoms with Crippen molar-refractivity contribution in [1.82, 2.24) is 0 Å². The number of nitriles is 1. The minimum absolute atomic E-state index is 0.0214. The highest BCUT2D eigenvalue weighted by Gasteiger charge is 2.37. The molecule has 0 bridgehead atoms. The van der Waals surface area contributed by atoms with E-state index in [4.69, 9.17) is 4.42 Å². The summed E-state index contributed by atoms with van der Waals surface area (Å²) < 4.78 is 10.1. The number of benzene rings is 1. The normalized spacial score (nSPS) is 15.8. The number of nitrogens with one attached hydrogen (secondary N) is 1. The van der Waals surface area contributed by atoms with Gasteiger partial charge in [-0.25, -0.2) is 4.79 Å². The molecular weight excluding hydrogens is 386 g/mol. The number of rotatable bonds is 5. The summed E-state index contributed by atoms with van der Waals surface area (Å²) in [6.07, 6.45) is 0.819. The molecule has 1 aliphatic heterocycles. The molecule has 1 aromatic carbocycles. The number of methoxy groups -OCH3 is 1. The van der Waals surface area contributed by atoms with Crippen LogP contribution in [0.1, 0.15) is 46.2 Å². The maximum absolute atomic E-state index is 12.8. The Hall–Kier alpha value is -3.60. The molecule has 156 valence electrons. The zero-order valence-electron chi connectivity index (χ0n) is 17.4. The van der Waals surface area contributed by atoms with Gasteiger partial charge in [-0.3, -0.25) is 14.9 Å². The van der Waals surface area contributed by atoms with Crippen LogP contribution in [0.4, 0.5) is 11.6 Å². The Kier molecular flexibility index (Phi) is 5.92. The fraction of sp³-hybridized carbons (Fsp3) is 0.364. The third kappa shape index (κ3) is 3.66. The largest absolute Gasteiger partial charge is 0.465 e. The van der Waals surface area contributed by atoms with Crippen molar-refractivity contribution < 1.29 is 23.5 Å². The Labute approximate surface area is 174 Å². The third-order valence-corrected chi connectivity index (χ3v) is 5.29. The molecule has 0 radical (unpaired) electrons. The van der Waals surface area contributed by atoms with Crippen molar-refractivity contribution in [2.75, 3.05) is 23.9 Å². The number of nitrogens with zero attached hydrogens (tertiary/aromatic N) is 2. The molecule has 2 amide bonds. The molecule has 1 saturated heterocycles. The first-order valence-corrected chi connectivity index (χ1v) is 9.63. The van der Waals surface area contributed by atoms with Gasteiger partial charge in [0, 0.05) is 18.7 Å². The van der Waals surface area contributed by atoms with E-state index < -0.39 is 17.8 Å². The van der Waals surface area contributed by atoms with Gasteiger partial charge in [-0.15, -0.1) is 0 Å². The Bertz CT molecular complexity index is 1060.